The van der Waals surface area contributed by atoms with Crippen LogP contribution >= 0.6 is 0 Å². The van der Waals surface area contributed by atoms with Crippen molar-refractivity contribution in [3.05, 3.63) is 49.1 Å². The van der Waals surface area contributed by atoms with Gasteiger partial charge in [0.1, 0.15) is 11.4 Å². The molecule has 1 N–H and O–H groups in total. The number of esters is 1. The van der Waals surface area contributed by atoms with Gasteiger partial charge in [-0.25, -0.2) is 30.0 Å². The van der Waals surface area contributed by atoms with Crippen molar-refractivity contribution in [1.29, 1.82) is 0 Å². The Morgan fingerprint density at radius 2 is 1.16 bits per heavy atom. The van der Waals surface area contributed by atoms with Crippen LogP contribution in [0.25, 0.3) is 0 Å². The van der Waals surface area contributed by atoms with E-state index in [1.807, 2.05) is 13.8 Å². The van der Waals surface area contributed by atoms with Gasteiger partial charge in [0.05, 0.1) is 40.1 Å². The van der Waals surface area contributed by atoms with Gasteiger partial charge in [0, 0.05) is 31.3 Å². The number of allylic oxidation sites excluding steroid dienone is 3. The standard InChI is InChI=1S/C12H18O4S.C8H14O3S.C5H8O3S.C3H5.BrH.Mg/c1-4-5-12(16-11(13)10(2)3)6-8-17(14,15)9-7-12;1-2-3-8(9)4-6-12(10,11)7-5-8;6-5-1-3-9(7,8)4-2-5;1-3-2;;/h4-5H,2,6-9H2,1,3H3;2-3,9H,4-7H2,1H3;1-4H2;1,3H,2H3;1H;/q;;;-1;;+2/p-1/b5-4+;3-2+;;;;. The number of rotatable bonds is 4. The SMILES string of the molecule is C/C=C/C1(O)CCS(=O)(=O)CC1.C=C(C)C(=O)OC1(/C=C/C)CCS(=O)(=O)CC1.O=C1CCS(=O)(=O)CC1.[Br-].[CH-]=CC.[Mg+2]. The number of hydrogen-bond donors (Lipinski definition) is 1. The third kappa shape index (κ3) is 20.0. The number of Topliss-reactive ketones (excluding diaryl/α,β-unsaturated/α-hetero) is 1. The zero-order chi connectivity index (χ0) is 32.0. The number of sulfone groups is 3. The van der Waals surface area contributed by atoms with Crippen molar-refractivity contribution >= 4 is 64.3 Å². The van der Waals surface area contributed by atoms with Gasteiger partial charge >= 0.3 is 29.0 Å². The Hall–Kier alpha value is -0.844. The summed E-state index contributed by atoms with van der Waals surface area (Å²) in [6.45, 7) is 15.2. The first-order chi connectivity index (χ1) is 18.8. The summed E-state index contributed by atoms with van der Waals surface area (Å²) in [5, 5.41) is 9.75. The van der Waals surface area contributed by atoms with Crippen molar-refractivity contribution in [3.63, 3.8) is 0 Å². The third-order valence-corrected chi connectivity index (χ3v) is 11.3. The molecule has 3 fully saturated rings. The first-order valence-electron chi connectivity index (χ1n) is 13.3. The predicted molar refractivity (Wildman–Crippen MR) is 167 cm³/mol. The third-order valence-electron chi connectivity index (χ3n) is 6.34. The molecule has 0 saturated carbocycles. The summed E-state index contributed by atoms with van der Waals surface area (Å²) >= 11 is 0. The Morgan fingerprint density at radius 3 is 1.49 bits per heavy atom. The van der Waals surface area contributed by atoms with E-state index >= 15 is 0 Å². The first kappa shape index (κ1) is 46.6. The molecule has 0 aromatic heterocycles. The van der Waals surface area contributed by atoms with Crippen molar-refractivity contribution in [2.45, 2.75) is 77.4 Å². The average Bonchev–Trinajstić information content (AvgIpc) is 2.87. The van der Waals surface area contributed by atoms with Crippen LogP contribution in [0.2, 0.25) is 0 Å². The second-order valence-electron chi connectivity index (χ2n) is 10.2. The van der Waals surface area contributed by atoms with E-state index in [2.05, 4.69) is 6.58 Å². The van der Waals surface area contributed by atoms with Gasteiger partial charge in [-0.1, -0.05) is 31.7 Å². The molecule has 0 aromatic rings. The Bertz CT molecular complexity index is 1260. The van der Waals surface area contributed by atoms with Crippen LogP contribution in [-0.4, -0.2) is 111 Å². The fourth-order valence-electron chi connectivity index (χ4n) is 3.90. The molecule has 3 saturated heterocycles. The molecule has 10 nitrogen and oxygen atoms in total. The molecule has 15 heteroatoms. The average molecular weight is 742 g/mol. The fraction of sp³-hybridized carbons (Fsp3) is 0.643. The van der Waals surface area contributed by atoms with Crippen LogP contribution in [0.3, 0.4) is 0 Å². The number of aliphatic hydroxyl groups is 1. The second kappa shape index (κ2) is 21.0. The monoisotopic (exact) mass is 740 g/mol. The molecule has 0 bridgehead atoms. The minimum Gasteiger partial charge on any atom is -1.00 e. The number of hydrogen-bond acceptors (Lipinski definition) is 10. The molecule has 0 aliphatic carbocycles. The normalized spacial score (nSPS) is 22.2. The van der Waals surface area contributed by atoms with E-state index in [1.165, 1.54) is 6.08 Å². The van der Waals surface area contributed by atoms with Crippen LogP contribution in [0.15, 0.2) is 42.5 Å². The summed E-state index contributed by atoms with van der Waals surface area (Å²) < 4.78 is 71.4. The topological polar surface area (TPSA) is 166 Å². The fourth-order valence-corrected chi connectivity index (χ4v) is 8.23. The van der Waals surface area contributed by atoms with Crippen LogP contribution in [0.4, 0.5) is 0 Å². The summed E-state index contributed by atoms with van der Waals surface area (Å²) in [6.07, 6.45) is 10.2. The van der Waals surface area contributed by atoms with E-state index in [9.17, 15) is 39.9 Å². The van der Waals surface area contributed by atoms with E-state index in [-0.39, 0.29) is 93.2 Å². The number of carbonyl (C=O) groups is 2. The van der Waals surface area contributed by atoms with Gasteiger partial charge in [0.25, 0.3) is 0 Å². The van der Waals surface area contributed by atoms with Crippen LogP contribution in [0.1, 0.15) is 66.2 Å². The molecule has 3 aliphatic rings. The summed E-state index contributed by atoms with van der Waals surface area (Å²) in [6, 6.07) is 0. The van der Waals surface area contributed by atoms with Gasteiger partial charge in [0.2, 0.25) is 0 Å². The van der Waals surface area contributed by atoms with Crippen LogP contribution in [0.5, 0.6) is 0 Å². The largest absolute Gasteiger partial charge is 2.00 e. The van der Waals surface area contributed by atoms with Crippen LogP contribution in [0, 0.1) is 6.58 Å². The Labute approximate surface area is 285 Å². The molecule has 43 heavy (non-hydrogen) atoms. The van der Waals surface area contributed by atoms with Gasteiger partial charge < -0.3 is 33.4 Å². The van der Waals surface area contributed by atoms with E-state index in [4.69, 9.17) is 11.3 Å². The van der Waals surface area contributed by atoms with E-state index < -0.39 is 46.7 Å². The zero-order valence-corrected chi connectivity index (χ0v) is 31.0. The molecular weight excluding hydrogens is 697 g/mol. The summed E-state index contributed by atoms with van der Waals surface area (Å²) in [5.74, 6) is 0.0493. The molecule has 0 radical (unpaired) electrons. The van der Waals surface area contributed by atoms with Crippen molar-refractivity contribution in [3.8, 4) is 0 Å². The Morgan fingerprint density at radius 1 is 0.814 bits per heavy atom. The van der Waals surface area contributed by atoms with Crippen molar-refractivity contribution in [2.75, 3.05) is 34.5 Å². The molecule has 3 aliphatic heterocycles. The number of carbonyl (C=O) groups excluding carboxylic acids is 2. The van der Waals surface area contributed by atoms with Gasteiger partial charge in [-0.15, -0.1) is 0 Å². The minimum absolute atomic E-state index is 0. The molecule has 0 aromatic carbocycles. The smallest absolute Gasteiger partial charge is 1.00 e. The Balaban J connectivity index is -0.000000542. The number of ether oxygens (including phenoxy) is 1. The molecule has 0 unspecified atom stereocenters. The van der Waals surface area contributed by atoms with Gasteiger partial charge in [-0.2, -0.15) is 0 Å². The molecule has 0 atom stereocenters. The maximum Gasteiger partial charge on any atom is 2.00 e. The minimum atomic E-state index is -2.98. The molecule has 0 amide bonds. The number of halogens is 1. The quantitative estimate of drug-likeness (QED) is 0.131. The van der Waals surface area contributed by atoms with Gasteiger partial charge in [0.15, 0.2) is 29.5 Å². The molecule has 3 rings (SSSR count). The summed E-state index contributed by atoms with van der Waals surface area (Å²) in [7, 11) is -8.68. The predicted octanol–water partition coefficient (Wildman–Crippen LogP) is -0.486. The number of ketones is 1. The van der Waals surface area contributed by atoms with Crippen LogP contribution < -0.4 is 17.0 Å². The van der Waals surface area contributed by atoms with E-state index in [0.29, 0.717) is 31.3 Å². The van der Waals surface area contributed by atoms with Gasteiger partial charge in [-0.05, 0) is 39.7 Å². The van der Waals surface area contributed by atoms with E-state index in [1.54, 1.807) is 38.2 Å². The van der Waals surface area contributed by atoms with Crippen LogP contribution in [-0.2, 0) is 43.8 Å². The maximum absolute atomic E-state index is 11.5. The molecule has 244 valence electrons. The molecular formula is C28H45BrMgO10S3. The van der Waals surface area contributed by atoms with E-state index in [0.717, 1.165) is 0 Å². The van der Waals surface area contributed by atoms with Gasteiger partial charge in [-0.3, -0.25) is 10.9 Å². The summed E-state index contributed by atoms with van der Waals surface area (Å²) in [4.78, 5) is 22.0. The molecule has 0 spiro atoms. The first-order valence-corrected chi connectivity index (χ1v) is 18.8. The molecule has 3 heterocycles. The Kier molecular flexibility index (Phi) is 22.8. The second-order valence-corrected chi connectivity index (χ2v) is 17.1. The maximum atomic E-state index is 11.5. The summed E-state index contributed by atoms with van der Waals surface area (Å²) in [5.41, 5.74) is -1.33. The van der Waals surface area contributed by atoms with Crippen molar-refractivity contribution in [2.24, 2.45) is 0 Å². The van der Waals surface area contributed by atoms with Crippen molar-refractivity contribution in [1.82, 2.24) is 0 Å². The van der Waals surface area contributed by atoms with Crippen molar-refractivity contribution < 1.29 is 61.7 Å². The zero-order valence-electron chi connectivity index (χ0n) is 25.6.